The maximum Gasteiger partial charge on any atom is 0.269 e. The van der Waals surface area contributed by atoms with E-state index < -0.39 is 4.92 Å². The molecule has 2 aromatic rings. The molecule has 3 rings (SSSR count). The molecule has 1 aromatic carbocycles. The average molecular weight is 331 g/mol. The number of fused-ring (bicyclic) bond motifs is 1. The van der Waals surface area contributed by atoms with Gasteiger partial charge in [-0.15, -0.1) is 11.3 Å². The fourth-order valence-electron chi connectivity index (χ4n) is 2.65. The normalized spacial score (nSPS) is 14.3. The molecule has 0 unspecified atom stereocenters. The molecule has 0 bridgehead atoms. The van der Waals surface area contributed by atoms with E-state index in [9.17, 15) is 14.9 Å². The number of nitro benzene ring substituents is 1. The predicted octanol–water partition coefficient (Wildman–Crippen LogP) is 3.04. The fraction of sp³-hybridized carbons (Fsp3) is 0.312. The molecule has 0 spiro atoms. The lowest BCUT2D eigenvalue weighted by Gasteiger charge is -2.26. The van der Waals surface area contributed by atoms with Crippen molar-refractivity contribution in [3.8, 4) is 0 Å². The van der Waals surface area contributed by atoms with Crippen LogP contribution in [0.3, 0.4) is 0 Å². The smallest absolute Gasteiger partial charge is 0.269 e. The molecule has 1 amide bonds. The Kier molecular flexibility index (Phi) is 4.68. The largest absolute Gasteiger partial charge is 0.326 e. The highest BCUT2D eigenvalue weighted by Crippen LogP contribution is 2.24. The molecule has 0 saturated heterocycles. The number of nitrogens with one attached hydrogen (secondary N) is 1. The van der Waals surface area contributed by atoms with Crippen molar-refractivity contribution in [3.63, 3.8) is 0 Å². The number of rotatable bonds is 5. The van der Waals surface area contributed by atoms with Crippen LogP contribution in [0.4, 0.5) is 11.4 Å². The van der Waals surface area contributed by atoms with Crippen molar-refractivity contribution in [2.24, 2.45) is 0 Å². The number of nitrogens with zero attached hydrogens (tertiary/aromatic N) is 2. The van der Waals surface area contributed by atoms with E-state index >= 15 is 0 Å². The molecule has 1 aliphatic rings. The Morgan fingerprint density at radius 1 is 1.30 bits per heavy atom. The number of hydrogen-bond donors (Lipinski definition) is 1. The molecule has 1 N–H and O–H groups in total. The molecule has 0 atom stereocenters. The van der Waals surface area contributed by atoms with Crippen LogP contribution in [0, 0.1) is 10.1 Å². The first-order valence-corrected chi connectivity index (χ1v) is 8.32. The van der Waals surface area contributed by atoms with Crippen LogP contribution in [0.2, 0.25) is 0 Å². The zero-order chi connectivity index (χ0) is 16.2. The number of amides is 1. The molecular formula is C16H17N3O3S. The van der Waals surface area contributed by atoms with Crippen LogP contribution >= 0.6 is 11.3 Å². The first-order chi connectivity index (χ1) is 11.1. The predicted molar refractivity (Wildman–Crippen MR) is 89.6 cm³/mol. The molecular weight excluding hydrogens is 314 g/mol. The SMILES string of the molecule is O=C(CCN1CCc2sccc2C1)Nc1ccc([N+](=O)[O-])cc1. The van der Waals surface area contributed by atoms with E-state index in [-0.39, 0.29) is 11.6 Å². The quantitative estimate of drug-likeness (QED) is 0.675. The minimum atomic E-state index is -0.458. The Balaban J connectivity index is 1.47. The number of hydrogen-bond acceptors (Lipinski definition) is 5. The Morgan fingerprint density at radius 3 is 2.83 bits per heavy atom. The summed E-state index contributed by atoms with van der Waals surface area (Å²) >= 11 is 1.80. The first-order valence-electron chi connectivity index (χ1n) is 7.44. The van der Waals surface area contributed by atoms with Crippen molar-refractivity contribution in [1.29, 1.82) is 0 Å². The van der Waals surface area contributed by atoms with Gasteiger partial charge >= 0.3 is 0 Å². The maximum absolute atomic E-state index is 12.0. The maximum atomic E-state index is 12.0. The Morgan fingerprint density at radius 2 is 2.09 bits per heavy atom. The van der Waals surface area contributed by atoms with Crippen molar-refractivity contribution in [3.05, 3.63) is 56.3 Å². The summed E-state index contributed by atoms with van der Waals surface area (Å²) in [5, 5.41) is 15.5. The van der Waals surface area contributed by atoms with Gasteiger partial charge in [0.1, 0.15) is 0 Å². The van der Waals surface area contributed by atoms with E-state index in [1.807, 2.05) is 0 Å². The minimum Gasteiger partial charge on any atom is -0.326 e. The van der Waals surface area contributed by atoms with Crippen LogP contribution < -0.4 is 5.32 Å². The van der Waals surface area contributed by atoms with Crippen LogP contribution in [-0.4, -0.2) is 28.8 Å². The number of carbonyl (C=O) groups is 1. The van der Waals surface area contributed by atoms with Crippen LogP contribution in [0.15, 0.2) is 35.7 Å². The zero-order valence-corrected chi connectivity index (χ0v) is 13.3. The standard InChI is InChI=1S/C16H17N3O3S/c20-16(17-13-1-3-14(4-2-13)19(21)22)6-9-18-8-5-15-12(11-18)7-10-23-15/h1-4,7,10H,5-6,8-9,11H2,(H,17,20). The summed E-state index contributed by atoms with van der Waals surface area (Å²) in [7, 11) is 0. The average Bonchev–Trinajstić information content (AvgIpc) is 3.01. The third-order valence-electron chi connectivity index (χ3n) is 3.90. The number of anilines is 1. The second kappa shape index (κ2) is 6.89. The van der Waals surface area contributed by atoms with E-state index in [1.165, 1.54) is 22.6 Å². The van der Waals surface area contributed by atoms with E-state index in [2.05, 4.69) is 21.7 Å². The summed E-state index contributed by atoms with van der Waals surface area (Å²) in [6.07, 6.45) is 1.47. The van der Waals surface area contributed by atoms with Gasteiger partial charge in [-0.25, -0.2) is 0 Å². The Labute approximate surface area is 137 Å². The van der Waals surface area contributed by atoms with Gasteiger partial charge in [0, 0.05) is 48.8 Å². The molecule has 6 nitrogen and oxygen atoms in total. The summed E-state index contributed by atoms with van der Waals surface area (Å²) in [5.74, 6) is -0.0741. The van der Waals surface area contributed by atoms with Gasteiger partial charge in [0.05, 0.1) is 4.92 Å². The lowest BCUT2D eigenvalue weighted by Crippen LogP contribution is -2.32. The molecule has 0 fully saturated rings. The highest BCUT2D eigenvalue weighted by molar-refractivity contribution is 7.10. The Bertz CT molecular complexity index is 712. The number of thiophene rings is 1. The molecule has 120 valence electrons. The molecule has 0 radical (unpaired) electrons. The van der Waals surface area contributed by atoms with Gasteiger partial charge in [0.15, 0.2) is 0 Å². The molecule has 0 aliphatic carbocycles. The first kappa shape index (κ1) is 15.6. The van der Waals surface area contributed by atoms with Gasteiger partial charge in [0.25, 0.3) is 5.69 Å². The molecule has 1 aromatic heterocycles. The number of non-ortho nitro benzene ring substituents is 1. The second-order valence-electron chi connectivity index (χ2n) is 5.50. The van der Waals surface area contributed by atoms with Crippen molar-refractivity contribution < 1.29 is 9.72 Å². The van der Waals surface area contributed by atoms with Crippen LogP contribution in [0.5, 0.6) is 0 Å². The second-order valence-corrected chi connectivity index (χ2v) is 6.50. The van der Waals surface area contributed by atoms with E-state index in [0.29, 0.717) is 18.7 Å². The third kappa shape index (κ3) is 3.94. The summed E-state index contributed by atoms with van der Waals surface area (Å²) in [6.45, 7) is 2.61. The molecule has 1 aliphatic heterocycles. The van der Waals surface area contributed by atoms with Crippen molar-refractivity contribution in [2.45, 2.75) is 19.4 Å². The summed E-state index contributed by atoms with van der Waals surface area (Å²) in [4.78, 5) is 25.9. The summed E-state index contributed by atoms with van der Waals surface area (Å²) in [6, 6.07) is 8.03. The highest BCUT2D eigenvalue weighted by Gasteiger charge is 2.17. The van der Waals surface area contributed by atoms with E-state index in [0.717, 1.165) is 19.5 Å². The van der Waals surface area contributed by atoms with Gasteiger partial charge in [-0.1, -0.05) is 0 Å². The lowest BCUT2D eigenvalue weighted by atomic mass is 10.1. The van der Waals surface area contributed by atoms with Crippen LogP contribution in [0.25, 0.3) is 0 Å². The summed E-state index contributed by atoms with van der Waals surface area (Å²) in [5.41, 5.74) is 1.97. The molecule has 0 saturated carbocycles. The summed E-state index contributed by atoms with van der Waals surface area (Å²) < 4.78 is 0. The van der Waals surface area contributed by atoms with Crippen molar-refractivity contribution in [2.75, 3.05) is 18.4 Å². The van der Waals surface area contributed by atoms with Crippen molar-refractivity contribution in [1.82, 2.24) is 4.90 Å². The topological polar surface area (TPSA) is 75.5 Å². The van der Waals surface area contributed by atoms with Gasteiger partial charge in [-0.05, 0) is 35.6 Å². The van der Waals surface area contributed by atoms with Crippen LogP contribution in [-0.2, 0) is 17.8 Å². The Hall–Kier alpha value is -2.25. The third-order valence-corrected chi connectivity index (χ3v) is 4.93. The molecule has 7 heteroatoms. The molecule has 23 heavy (non-hydrogen) atoms. The fourth-order valence-corrected chi connectivity index (χ4v) is 3.54. The van der Waals surface area contributed by atoms with E-state index in [4.69, 9.17) is 0 Å². The highest BCUT2D eigenvalue weighted by atomic mass is 32.1. The molecule has 2 heterocycles. The van der Waals surface area contributed by atoms with Gasteiger partial charge in [-0.2, -0.15) is 0 Å². The lowest BCUT2D eigenvalue weighted by molar-refractivity contribution is -0.384. The van der Waals surface area contributed by atoms with Gasteiger partial charge in [-0.3, -0.25) is 19.8 Å². The number of nitro groups is 1. The minimum absolute atomic E-state index is 0.0166. The van der Waals surface area contributed by atoms with Crippen LogP contribution in [0.1, 0.15) is 16.9 Å². The zero-order valence-electron chi connectivity index (χ0n) is 12.5. The van der Waals surface area contributed by atoms with Gasteiger partial charge < -0.3 is 5.32 Å². The number of benzene rings is 1. The monoisotopic (exact) mass is 331 g/mol. The number of carbonyl (C=O) groups excluding carboxylic acids is 1. The van der Waals surface area contributed by atoms with Crippen molar-refractivity contribution >= 4 is 28.6 Å². The van der Waals surface area contributed by atoms with Gasteiger partial charge in [0.2, 0.25) is 5.91 Å². The van der Waals surface area contributed by atoms with E-state index in [1.54, 1.807) is 23.5 Å².